The highest BCUT2D eigenvalue weighted by atomic mass is 16.3. The fraction of sp³-hybridized carbons (Fsp3) is 0.684. The third-order valence-corrected chi connectivity index (χ3v) is 5.91. The first-order valence-electron chi connectivity index (χ1n) is 8.29. The standard InChI is InChI=1S/C19H29NO/c1-14-8-17(2,3)12-19(21,9-14)18(13-20)10-15-6-4-5-7-16(15)11-18/h4-7,14,21H,8-13,20H2,1-3H3. The van der Waals surface area contributed by atoms with Gasteiger partial charge in [0, 0.05) is 12.0 Å². The van der Waals surface area contributed by atoms with E-state index in [4.69, 9.17) is 5.73 Å². The van der Waals surface area contributed by atoms with Crippen molar-refractivity contribution in [1.29, 1.82) is 0 Å². The van der Waals surface area contributed by atoms with E-state index in [2.05, 4.69) is 45.0 Å². The van der Waals surface area contributed by atoms with Crippen LogP contribution in [0.4, 0.5) is 0 Å². The Morgan fingerprint density at radius 2 is 1.71 bits per heavy atom. The number of rotatable bonds is 2. The minimum Gasteiger partial charge on any atom is -0.389 e. The van der Waals surface area contributed by atoms with Gasteiger partial charge in [0.1, 0.15) is 0 Å². The Morgan fingerprint density at radius 1 is 1.14 bits per heavy atom. The number of benzene rings is 1. The van der Waals surface area contributed by atoms with Crippen LogP contribution in [0.1, 0.15) is 51.2 Å². The van der Waals surface area contributed by atoms with Crippen molar-refractivity contribution in [2.45, 2.75) is 58.5 Å². The summed E-state index contributed by atoms with van der Waals surface area (Å²) in [7, 11) is 0. The topological polar surface area (TPSA) is 46.2 Å². The summed E-state index contributed by atoms with van der Waals surface area (Å²) in [5.74, 6) is 0.561. The van der Waals surface area contributed by atoms with Crippen molar-refractivity contribution >= 4 is 0 Å². The molecular weight excluding hydrogens is 258 g/mol. The smallest absolute Gasteiger partial charge is 0.0729 e. The number of nitrogens with two attached hydrogens (primary N) is 1. The zero-order valence-corrected chi connectivity index (χ0v) is 13.7. The van der Waals surface area contributed by atoms with E-state index in [9.17, 15) is 5.11 Å². The molecule has 0 amide bonds. The number of hydrogen-bond acceptors (Lipinski definition) is 2. The molecule has 1 aromatic rings. The molecule has 116 valence electrons. The van der Waals surface area contributed by atoms with Gasteiger partial charge in [-0.1, -0.05) is 45.0 Å². The molecule has 0 radical (unpaired) electrons. The Kier molecular flexibility index (Phi) is 3.46. The van der Waals surface area contributed by atoms with E-state index in [0.717, 1.165) is 25.7 Å². The van der Waals surface area contributed by atoms with Gasteiger partial charge in [-0.2, -0.15) is 0 Å². The van der Waals surface area contributed by atoms with Crippen LogP contribution in [0.25, 0.3) is 0 Å². The van der Waals surface area contributed by atoms with Crippen molar-refractivity contribution in [3.63, 3.8) is 0 Å². The minimum absolute atomic E-state index is 0.178. The van der Waals surface area contributed by atoms with E-state index >= 15 is 0 Å². The maximum atomic E-state index is 11.6. The Labute approximate surface area is 128 Å². The molecule has 0 saturated heterocycles. The van der Waals surface area contributed by atoms with Gasteiger partial charge in [-0.25, -0.2) is 0 Å². The van der Waals surface area contributed by atoms with Crippen LogP contribution < -0.4 is 5.73 Å². The second-order valence-electron chi connectivity index (χ2n) is 8.49. The maximum absolute atomic E-state index is 11.6. The van der Waals surface area contributed by atoms with Crippen LogP contribution in [0.5, 0.6) is 0 Å². The molecule has 1 saturated carbocycles. The van der Waals surface area contributed by atoms with E-state index in [1.165, 1.54) is 17.5 Å². The van der Waals surface area contributed by atoms with Gasteiger partial charge in [-0.3, -0.25) is 0 Å². The molecule has 1 aromatic carbocycles. The van der Waals surface area contributed by atoms with Crippen LogP contribution in [0.15, 0.2) is 24.3 Å². The lowest BCUT2D eigenvalue weighted by Crippen LogP contribution is -2.58. The lowest BCUT2D eigenvalue weighted by molar-refractivity contribution is -0.141. The van der Waals surface area contributed by atoms with Gasteiger partial charge in [-0.05, 0) is 54.6 Å². The van der Waals surface area contributed by atoms with E-state index in [-0.39, 0.29) is 10.8 Å². The first-order chi connectivity index (χ1) is 9.79. The van der Waals surface area contributed by atoms with Crippen LogP contribution in [0.2, 0.25) is 0 Å². The zero-order valence-electron chi connectivity index (χ0n) is 13.7. The van der Waals surface area contributed by atoms with Crippen molar-refractivity contribution in [2.24, 2.45) is 22.5 Å². The Hall–Kier alpha value is -0.860. The predicted octanol–water partition coefficient (Wildman–Crippen LogP) is 3.31. The molecule has 0 aliphatic heterocycles. The summed E-state index contributed by atoms with van der Waals surface area (Å²) in [6.45, 7) is 7.43. The van der Waals surface area contributed by atoms with Crippen LogP contribution in [-0.4, -0.2) is 17.3 Å². The van der Waals surface area contributed by atoms with Gasteiger partial charge in [0.15, 0.2) is 0 Å². The highest BCUT2D eigenvalue weighted by Crippen LogP contribution is 2.55. The average molecular weight is 287 g/mol. The monoisotopic (exact) mass is 287 g/mol. The Balaban J connectivity index is 1.97. The van der Waals surface area contributed by atoms with E-state index in [1.54, 1.807) is 0 Å². The summed E-state index contributed by atoms with van der Waals surface area (Å²) < 4.78 is 0. The Morgan fingerprint density at radius 3 is 2.19 bits per heavy atom. The second-order valence-corrected chi connectivity index (χ2v) is 8.49. The van der Waals surface area contributed by atoms with Gasteiger partial charge >= 0.3 is 0 Å². The van der Waals surface area contributed by atoms with Gasteiger partial charge < -0.3 is 10.8 Å². The number of fused-ring (bicyclic) bond motifs is 1. The summed E-state index contributed by atoms with van der Waals surface area (Å²) in [6, 6.07) is 8.60. The zero-order chi connectivity index (χ0) is 15.3. The summed E-state index contributed by atoms with van der Waals surface area (Å²) >= 11 is 0. The third-order valence-electron chi connectivity index (χ3n) is 5.91. The molecule has 2 nitrogen and oxygen atoms in total. The molecule has 3 rings (SSSR count). The molecule has 2 heteroatoms. The summed E-state index contributed by atoms with van der Waals surface area (Å²) in [5, 5.41) is 11.6. The summed E-state index contributed by atoms with van der Waals surface area (Å²) in [4.78, 5) is 0. The SMILES string of the molecule is CC1CC(C)(C)CC(O)(C2(CN)Cc3ccccc3C2)C1. The molecule has 0 aromatic heterocycles. The first-order valence-corrected chi connectivity index (χ1v) is 8.29. The van der Waals surface area contributed by atoms with Crippen LogP contribution in [0.3, 0.4) is 0 Å². The lowest BCUT2D eigenvalue weighted by atomic mass is 9.55. The van der Waals surface area contributed by atoms with Crippen LogP contribution in [0, 0.1) is 16.7 Å². The quantitative estimate of drug-likeness (QED) is 0.876. The summed E-state index contributed by atoms with van der Waals surface area (Å²) in [6.07, 6.45) is 4.82. The van der Waals surface area contributed by atoms with E-state index < -0.39 is 5.60 Å². The number of hydrogen-bond donors (Lipinski definition) is 2. The summed E-state index contributed by atoms with van der Waals surface area (Å²) in [5.41, 5.74) is 8.38. The van der Waals surface area contributed by atoms with Gasteiger partial charge in [0.05, 0.1) is 5.60 Å². The lowest BCUT2D eigenvalue weighted by Gasteiger charge is -2.53. The molecule has 21 heavy (non-hydrogen) atoms. The molecule has 0 bridgehead atoms. The maximum Gasteiger partial charge on any atom is 0.0729 e. The molecule has 2 aliphatic carbocycles. The van der Waals surface area contributed by atoms with Crippen molar-refractivity contribution in [3.8, 4) is 0 Å². The highest BCUT2D eigenvalue weighted by Gasteiger charge is 2.56. The molecule has 2 aliphatic rings. The largest absolute Gasteiger partial charge is 0.389 e. The molecule has 0 spiro atoms. The van der Waals surface area contributed by atoms with Gasteiger partial charge in [-0.15, -0.1) is 0 Å². The van der Waals surface area contributed by atoms with Crippen molar-refractivity contribution in [2.75, 3.05) is 6.54 Å². The predicted molar refractivity (Wildman–Crippen MR) is 87.1 cm³/mol. The van der Waals surface area contributed by atoms with Crippen molar-refractivity contribution in [1.82, 2.24) is 0 Å². The molecule has 1 fully saturated rings. The van der Waals surface area contributed by atoms with Crippen LogP contribution in [-0.2, 0) is 12.8 Å². The van der Waals surface area contributed by atoms with E-state index in [0.29, 0.717) is 12.5 Å². The highest BCUT2D eigenvalue weighted by molar-refractivity contribution is 5.36. The third kappa shape index (κ3) is 2.43. The van der Waals surface area contributed by atoms with Crippen molar-refractivity contribution in [3.05, 3.63) is 35.4 Å². The Bertz CT molecular complexity index is 511. The normalized spacial score (nSPS) is 33.7. The van der Waals surface area contributed by atoms with Crippen molar-refractivity contribution < 1.29 is 5.11 Å². The second kappa shape index (κ2) is 4.82. The van der Waals surface area contributed by atoms with Gasteiger partial charge in [0.2, 0.25) is 0 Å². The van der Waals surface area contributed by atoms with E-state index in [1.807, 2.05) is 0 Å². The van der Waals surface area contributed by atoms with Gasteiger partial charge in [0.25, 0.3) is 0 Å². The number of aliphatic hydroxyl groups is 1. The first kappa shape index (κ1) is 15.1. The molecule has 3 N–H and O–H groups in total. The minimum atomic E-state index is -0.637. The fourth-order valence-corrected chi connectivity index (χ4v) is 5.29. The average Bonchev–Trinajstić information content (AvgIpc) is 2.76. The van der Waals surface area contributed by atoms with Crippen LogP contribution >= 0.6 is 0 Å². The molecule has 0 heterocycles. The molecule has 2 atom stereocenters. The fourth-order valence-electron chi connectivity index (χ4n) is 5.29. The molecule has 2 unspecified atom stereocenters. The molecular formula is C19H29NO.